The van der Waals surface area contributed by atoms with Gasteiger partial charge >= 0.3 is 0 Å². The van der Waals surface area contributed by atoms with Gasteiger partial charge in [-0.2, -0.15) is 0 Å². The number of ether oxygens (including phenoxy) is 2. The van der Waals surface area contributed by atoms with Crippen molar-refractivity contribution in [2.45, 2.75) is 19.0 Å². The van der Waals surface area contributed by atoms with Crippen LogP contribution in [0.5, 0.6) is 11.5 Å². The van der Waals surface area contributed by atoms with E-state index in [0.29, 0.717) is 13.0 Å². The lowest BCUT2D eigenvalue weighted by molar-refractivity contribution is -0.126. The normalized spacial score (nSPS) is 19.1. The molecule has 2 aromatic carbocycles. The monoisotopic (exact) mass is 458 g/mol. The van der Waals surface area contributed by atoms with Crippen molar-refractivity contribution >= 4 is 17.3 Å². The molecule has 1 saturated heterocycles. The van der Waals surface area contributed by atoms with Crippen LogP contribution in [0.15, 0.2) is 67.0 Å². The van der Waals surface area contributed by atoms with Crippen LogP contribution in [0, 0.1) is 5.92 Å². The first-order valence-corrected chi connectivity index (χ1v) is 11.7. The first kappa shape index (κ1) is 22.1. The zero-order chi connectivity index (χ0) is 23.5. The second-order valence-electron chi connectivity index (χ2n) is 8.78. The molecule has 2 atom stereocenters. The van der Waals surface area contributed by atoms with Crippen molar-refractivity contribution < 1.29 is 14.3 Å². The Morgan fingerprint density at radius 2 is 1.74 bits per heavy atom. The molecule has 5 rings (SSSR count). The average Bonchev–Trinajstić information content (AvgIpc) is 2.91. The van der Waals surface area contributed by atoms with Crippen molar-refractivity contribution in [2.75, 3.05) is 43.7 Å². The largest absolute Gasteiger partial charge is 0.497 e. The van der Waals surface area contributed by atoms with E-state index in [1.807, 2.05) is 30.3 Å². The number of carbonyl (C=O) groups excluding carboxylic acids is 1. The molecule has 176 valence electrons. The molecule has 1 amide bonds. The molecule has 3 aromatic rings. The van der Waals surface area contributed by atoms with Gasteiger partial charge in [-0.25, -0.2) is 0 Å². The van der Waals surface area contributed by atoms with Gasteiger partial charge in [0.1, 0.15) is 11.5 Å². The number of amides is 1. The third-order valence-corrected chi connectivity index (χ3v) is 6.92. The predicted octanol–water partition coefficient (Wildman–Crippen LogP) is 3.28. The predicted molar refractivity (Wildman–Crippen MR) is 133 cm³/mol. The van der Waals surface area contributed by atoms with E-state index >= 15 is 0 Å². The summed E-state index contributed by atoms with van der Waals surface area (Å²) in [6, 6.07) is 18.3. The molecule has 2 aliphatic rings. The van der Waals surface area contributed by atoms with Gasteiger partial charge in [-0.15, -0.1) is 0 Å². The molecule has 1 aromatic heterocycles. The standard InChI is InChI=1S/C27H30N4O3/c1-33-22-7-4-21(5-8-22)30-13-14-31-25-16-23(34-2)6-3-20(25)15-24(26(31)18-30)27(32)29-17-19-9-11-28-12-10-19/h3-12,16,24,26H,13-15,17-18H2,1-2H3,(H,29,32)/t24-,26-/m1/s1. The number of methoxy groups -OCH3 is 2. The molecule has 1 N–H and O–H groups in total. The molecule has 0 aliphatic carbocycles. The summed E-state index contributed by atoms with van der Waals surface area (Å²) in [5.74, 6) is 1.62. The van der Waals surface area contributed by atoms with Crippen LogP contribution >= 0.6 is 0 Å². The number of carbonyl (C=O) groups is 1. The Balaban J connectivity index is 1.41. The molecule has 7 nitrogen and oxygen atoms in total. The SMILES string of the molecule is COc1ccc(N2CCN3c4cc(OC)ccc4C[C@@H](C(=O)NCc4ccncc4)[C@H]3C2)cc1. The Morgan fingerprint density at radius 3 is 2.47 bits per heavy atom. The maximum Gasteiger partial charge on any atom is 0.225 e. The van der Waals surface area contributed by atoms with Crippen LogP contribution in [0.1, 0.15) is 11.1 Å². The van der Waals surface area contributed by atoms with Gasteiger partial charge in [0.15, 0.2) is 0 Å². The minimum absolute atomic E-state index is 0.0629. The van der Waals surface area contributed by atoms with Gasteiger partial charge in [-0.3, -0.25) is 9.78 Å². The van der Waals surface area contributed by atoms with E-state index in [4.69, 9.17) is 9.47 Å². The number of aromatic nitrogens is 1. The van der Waals surface area contributed by atoms with Gasteiger partial charge in [0.25, 0.3) is 0 Å². The summed E-state index contributed by atoms with van der Waals surface area (Å²) in [5, 5.41) is 3.17. The summed E-state index contributed by atoms with van der Waals surface area (Å²) in [7, 11) is 3.37. The maximum absolute atomic E-state index is 13.5. The Labute approximate surface area is 200 Å². The molecular weight excluding hydrogens is 428 g/mol. The number of anilines is 2. The third-order valence-electron chi connectivity index (χ3n) is 6.92. The lowest BCUT2D eigenvalue weighted by atomic mass is 9.83. The summed E-state index contributed by atoms with van der Waals surface area (Å²) >= 11 is 0. The van der Waals surface area contributed by atoms with Crippen molar-refractivity contribution in [1.82, 2.24) is 10.3 Å². The molecule has 34 heavy (non-hydrogen) atoms. The molecule has 7 heteroatoms. The smallest absolute Gasteiger partial charge is 0.225 e. The fourth-order valence-corrected chi connectivity index (χ4v) is 5.05. The van der Waals surface area contributed by atoms with Crippen molar-refractivity contribution in [1.29, 1.82) is 0 Å². The van der Waals surface area contributed by atoms with Gasteiger partial charge in [-0.05, 0) is 60.0 Å². The number of pyridine rings is 1. The molecule has 0 unspecified atom stereocenters. The van der Waals surface area contributed by atoms with Crippen LogP contribution in [0.25, 0.3) is 0 Å². The van der Waals surface area contributed by atoms with E-state index in [9.17, 15) is 4.79 Å². The quantitative estimate of drug-likeness (QED) is 0.612. The second-order valence-corrected chi connectivity index (χ2v) is 8.78. The maximum atomic E-state index is 13.5. The first-order chi connectivity index (χ1) is 16.7. The minimum atomic E-state index is -0.149. The topological polar surface area (TPSA) is 66.9 Å². The molecule has 0 saturated carbocycles. The van der Waals surface area contributed by atoms with E-state index < -0.39 is 0 Å². The summed E-state index contributed by atoms with van der Waals surface area (Å²) < 4.78 is 10.8. The number of hydrogen-bond donors (Lipinski definition) is 1. The lowest BCUT2D eigenvalue weighted by Crippen LogP contribution is -2.61. The highest BCUT2D eigenvalue weighted by atomic mass is 16.5. The van der Waals surface area contributed by atoms with Gasteiger partial charge in [0.05, 0.1) is 26.2 Å². The highest BCUT2D eigenvalue weighted by Crippen LogP contribution is 2.39. The first-order valence-electron chi connectivity index (χ1n) is 11.7. The van der Waals surface area contributed by atoms with E-state index in [1.54, 1.807) is 26.6 Å². The van der Waals surface area contributed by atoms with Crippen LogP contribution in [-0.4, -0.2) is 50.8 Å². The summed E-state index contributed by atoms with van der Waals surface area (Å²) in [4.78, 5) is 22.3. The number of nitrogens with one attached hydrogen (secondary N) is 1. The molecule has 1 fully saturated rings. The summed E-state index contributed by atoms with van der Waals surface area (Å²) in [6.07, 6.45) is 4.21. The summed E-state index contributed by atoms with van der Waals surface area (Å²) in [5.41, 5.74) is 4.56. The molecule has 3 heterocycles. The number of rotatable bonds is 6. The number of fused-ring (bicyclic) bond motifs is 3. The van der Waals surface area contributed by atoms with Gasteiger partial charge in [-0.1, -0.05) is 6.07 Å². The van der Waals surface area contributed by atoms with E-state index in [0.717, 1.165) is 42.4 Å². The Bertz CT molecular complexity index is 1140. The van der Waals surface area contributed by atoms with Crippen molar-refractivity contribution in [3.63, 3.8) is 0 Å². The van der Waals surface area contributed by atoms with Gasteiger partial charge in [0, 0.05) is 56.0 Å². The zero-order valence-corrected chi connectivity index (χ0v) is 19.6. The fourth-order valence-electron chi connectivity index (χ4n) is 5.05. The third kappa shape index (κ3) is 4.38. The average molecular weight is 459 g/mol. The summed E-state index contributed by atoms with van der Waals surface area (Å²) in [6.45, 7) is 2.99. The van der Waals surface area contributed by atoms with Crippen molar-refractivity contribution in [3.05, 3.63) is 78.1 Å². The highest BCUT2D eigenvalue weighted by Gasteiger charge is 2.41. The number of benzene rings is 2. The van der Waals surface area contributed by atoms with Crippen LogP contribution < -0.4 is 24.6 Å². The second kappa shape index (κ2) is 9.63. The number of piperazine rings is 1. The zero-order valence-electron chi connectivity index (χ0n) is 19.6. The van der Waals surface area contributed by atoms with Crippen LogP contribution in [0.2, 0.25) is 0 Å². The minimum Gasteiger partial charge on any atom is -0.497 e. The highest BCUT2D eigenvalue weighted by molar-refractivity contribution is 5.82. The van der Waals surface area contributed by atoms with Crippen LogP contribution in [-0.2, 0) is 17.8 Å². The Morgan fingerprint density at radius 1 is 1.00 bits per heavy atom. The van der Waals surface area contributed by atoms with Gasteiger partial charge < -0.3 is 24.6 Å². The Kier molecular flexibility index (Phi) is 6.25. The van der Waals surface area contributed by atoms with Gasteiger partial charge in [0.2, 0.25) is 5.91 Å². The molecular formula is C27H30N4O3. The van der Waals surface area contributed by atoms with Crippen molar-refractivity contribution in [3.8, 4) is 11.5 Å². The number of nitrogens with zero attached hydrogens (tertiary/aromatic N) is 3. The van der Waals surface area contributed by atoms with Crippen molar-refractivity contribution in [2.24, 2.45) is 5.92 Å². The molecule has 2 aliphatic heterocycles. The fraction of sp³-hybridized carbons (Fsp3) is 0.333. The number of hydrogen-bond acceptors (Lipinski definition) is 6. The molecule has 0 bridgehead atoms. The van der Waals surface area contributed by atoms with E-state index in [2.05, 4.69) is 44.4 Å². The Hall–Kier alpha value is -3.74. The van der Waals surface area contributed by atoms with E-state index in [-0.39, 0.29) is 17.9 Å². The lowest BCUT2D eigenvalue weighted by Gasteiger charge is -2.49. The molecule has 0 spiro atoms. The van der Waals surface area contributed by atoms with E-state index in [1.165, 1.54) is 11.3 Å². The van der Waals surface area contributed by atoms with Crippen LogP contribution in [0.4, 0.5) is 11.4 Å². The van der Waals surface area contributed by atoms with Crippen LogP contribution in [0.3, 0.4) is 0 Å². The molecule has 0 radical (unpaired) electrons.